The zero-order valence-corrected chi connectivity index (χ0v) is 14.8. The summed E-state index contributed by atoms with van der Waals surface area (Å²) in [6, 6.07) is 7.61. The predicted molar refractivity (Wildman–Crippen MR) is 94.7 cm³/mol. The van der Waals surface area contributed by atoms with Gasteiger partial charge >= 0.3 is 0 Å². The molecule has 0 aliphatic carbocycles. The lowest BCUT2D eigenvalue weighted by molar-refractivity contribution is -0.0163. The molecule has 134 valence electrons. The zero-order valence-electron chi connectivity index (χ0n) is 14.8. The number of nitrogens with zero attached hydrogens (tertiary/aromatic N) is 2. The van der Waals surface area contributed by atoms with Gasteiger partial charge in [-0.2, -0.15) is 5.10 Å². The highest BCUT2D eigenvalue weighted by Gasteiger charge is 2.32. The largest absolute Gasteiger partial charge is 0.491 e. The summed E-state index contributed by atoms with van der Waals surface area (Å²) in [7, 11) is 0. The molecule has 1 fully saturated rings. The summed E-state index contributed by atoms with van der Waals surface area (Å²) in [6.45, 7) is 5.47. The number of benzene rings is 1. The standard InChI is InChI=1S/C19H25N3O3/c1-14-4-5-16(12-15(14)2)25-13-19(24)7-3-10-22(11-8-19)18(23)17-6-9-20-21-17/h4-6,9,12,24H,3,7-8,10-11,13H2,1-2H3,(H,20,21). The van der Waals surface area contributed by atoms with Gasteiger partial charge in [0.05, 0.1) is 0 Å². The number of rotatable bonds is 4. The summed E-state index contributed by atoms with van der Waals surface area (Å²) in [5, 5.41) is 17.4. The van der Waals surface area contributed by atoms with Gasteiger partial charge in [-0.25, -0.2) is 0 Å². The number of likely N-dealkylation sites (tertiary alicyclic amines) is 1. The van der Waals surface area contributed by atoms with Gasteiger partial charge in [0.15, 0.2) is 0 Å². The van der Waals surface area contributed by atoms with Gasteiger partial charge in [-0.05, 0) is 62.4 Å². The first-order valence-corrected chi connectivity index (χ1v) is 8.68. The van der Waals surface area contributed by atoms with Gasteiger partial charge in [-0.15, -0.1) is 0 Å². The van der Waals surface area contributed by atoms with Crippen LogP contribution in [0.15, 0.2) is 30.5 Å². The normalized spacial score (nSPS) is 21.0. The first kappa shape index (κ1) is 17.5. The van der Waals surface area contributed by atoms with E-state index in [1.807, 2.05) is 25.1 Å². The van der Waals surface area contributed by atoms with Crippen LogP contribution in [-0.4, -0.2) is 51.4 Å². The van der Waals surface area contributed by atoms with Crippen molar-refractivity contribution in [1.29, 1.82) is 0 Å². The number of aryl methyl sites for hydroxylation is 2. The van der Waals surface area contributed by atoms with Crippen molar-refractivity contribution in [2.75, 3.05) is 19.7 Å². The fraction of sp³-hybridized carbons (Fsp3) is 0.474. The molecule has 0 spiro atoms. The Morgan fingerprint density at radius 1 is 1.28 bits per heavy atom. The summed E-state index contributed by atoms with van der Waals surface area (Å²) in [4.78, 5) is 14.2. The Morgan fingerprint density at radius 2 is 2.12 bits per heavy atom. The number of carbonyl (C=O) groups excluding carboxylic acids is 1. The third kappa shape index (κ3) is 4.20. The number of aromatic nitrogens is 2. The molecule has 0 bridgehead atoms. The van der Waals surface area contributed by atoms with E-state index in [4.69, 9.17) is 4.74 Å². The number of aliphatic hydroxyl groups is 1. The summed E-state index contributed by atoms with van der Waals surface area (Å²) in [6.07, 6.45) is 3.42. The van der Waals surface area contributed by atoms with Crippen LogP contribution in [0.1, 0.15) is 40.9 Å². The quantitative estimate of drug-likeness (QED) is 0.894. The number of hydrogen-bond acceptors (Lipinski definition) is 4. The number of H-pyrrole nitrogens is 1. The van der Waals surface area contributed by atoms with Crippen molar-refractivity contribution in [2.24, 2.45) is 0 Å². The number of ether oxygens (including phenoxy) is 1. The van der Waals surface area contributed by atoms with Gasteiger partial charge in [-0.3, -0.25) is 9.89 Å². The van der Waals surface area contributed by atoms with Crippen LogP contribution in [0, 0.1) is 13.8 Å². The minimum Gasteiger partial charge on any atom is -0.491 e. The molecule has 1 aromatic carbocycles. The maximum atomic E-state index is 12.4. The van der Waals surface area contributed by atoms with Crippen LogP contribution in [0.25, 0.3) is 0 Å². The number of aromatic amines is 1. The Kier molecular flexibility index (Phi) is 5.08. The molecule has 1 saturated heterocycles. The fourth-order valence-electron chi connectivity index (χ4n) is 3.09. The highest BCUT2D eigenvalue weighted by Crippen LogP contribution is 2.25. The number of amides is 1. The third-order valence-corrected chi connectivity index (χ3v) is 4.92. The Hall–Kier alpha value is -2.34. The molecule has 2 heterocycles. The molecule has 6 heteroatoms. The molecule has 6 nitrogen and oxygen atoms in total. The van der Waals surface area contributed by atoms with Crippen molar-refractivity contribution >= 4 is 5.91 Å². The van der Waals surface area contributed by atoms with E-state index in [1.165, 1.54) is 11.1 Å². The van der Waals surface area contributed by atoms with Crippen LogP contribution >= 0.6 is 0 Å². The number of hydrogen-bond donors (Lipinski definition) is 2. The summed E-state index contributed by atoms with van der Waals surface area (Å²) in [5.41, 5.74) is 1.95. The van der Waals surface area contributed by atoms with E-state index >= 15 is 0 Å². The van der Waals surface area contributed by atoms with Crippen LogP contribution in [-0.2, 0) is 0 Å². The van der Waals surface area contributed by atoms with Gasteiger partial charge < -0.3 is 14.7 Å². The molecule has 1 amide bonds. The van der Waals surface area contributed by atoms with E-state index in [0.29, 0.717) is 31.6 Å². The van der Waals surface area contributed by atoms with Crippen LogP contribution in [0.2, 0.25) is 0 Å². The molecule has 1 unspecified atom stereocenters. The van der Waals surface area contributed by atoms with Gasteiger partial charge in [0, 0.05) is 19.3 Å². The molecule has 1 atom stereocenters. The minimum absolute atomic E-state index is 0.0724. The molecule has 1 aliphatic heterocycles. The highest BCUT2D eigenvalue weighted by atomic mass is 16.5. The lowest BCUT2D eigenvalue weighted by Gasteiger charge is -2.27. The Morgan fingerprint density at radius 3 is 2.84 bits per heavy atom. The SMILES string of the molecule is Cc1ccc(OCC2(O)CCCN(C(=O)c3ccn[nH]3)CC2)cc1C. The molecular formula is C19H25N3O3. The van der Waals surface area contributed by atoms with E-state index in [1.54, 1.807) is 17.2 Å². The summed E-state index contributed by atoms with van der Waals surface area (Å²) >= 11 is 0. The van der Waals surface area contributed by atoms with E-state index in [-0.39, 0.29) is 12.5 Å². The second kappa shape index (κ2) is 7.27. The summed E-state index contributed by atoms with van der Waals surface area (Å²) < 4.78 is 5.84. The molecule has 0 saturated carbocycles. The van der Waals surface area contributed by atoms with E-state index in [2.05, 4.69) is 17.1 Å². The molecule has 25 heavy (non-hydrogen) atoms. The van der Waals surface area contributed by atoms with E-state index in [9.17, 15) is 9.90 Å². The van der Waals surface area contributed by atoms with Gasteiger partial charge in [0.2, 0.25) is 0 Å². The molecule has 0 radical (unpaired) electrons. The Bertz CT molecular complexity index is 730. The second-order valence-corrected chi connectivity index (χ2v) is 6.88. The maximum Gasteiger partial charge on any atom is 0.271 e. The summed E-state index contributed by atoms with van der Waals surface area (Å²) in [5.74, 6) is 0.697. The average Bonchev–Trinajstić information content (AvgIpc) is 3.06. The van der Waals surface area contributed by atoms with Gasteiger partial charge in [-0.1, -0.05) is 6.07 Å². The van der Waals surface area contributed by atoms with Crippen LogP contribution in [0.3, 0.4) is 0 Å². The maximum absolute atomic E-state index is 12.4. The first-order valence-electron chi connectivity index (χ1n) is 8.68. The van der Waals surface area contributed by atoms with Crippen molar-refractivity contribution in [3.05, 3.63) is 47.3 Å². The third-order valence-electron chi connectivity index (χ3n) is 4.92. The lowest BCUT2D eigenvalue weighted by atomic mass is 9.96. The number of carbonyl (C=O) groups is 1. The lowest BCUT2D eigenvalue weighted by Crippen LogP contribution is -2.38. The molecule has 2 aromatic rings. The Balaban J connectivity index is 1.59. The zero-order chi connectivity index (χ0) is 17.9. The van der Waals surface area contributed by atoms with Crippen LogP contribution < -0.4 is 4.74 Å². The molecule has 1 aliphatic rings. The predicted octanol–water partition coefficient (Wildman–Crippen LogP) is 2.46. The van der Waals surface area contributed by atoms with Crippen molar-refractivity contribution in [3.63, 3.8) is 0 Å². The molecular weight excluding hydrogens is 318 g/mol. The van der Waals surface area contributed by atoms with Crippen molar-refractivity contribution in [1.82, 2.24) is 15.1 Å². The smallest absolute Gasteiger partial charge is 0.271 e. The van der Waals surface area contributed by atoms with Crippen LogP contribution in [0.5, 0.6) is 5.75 Å². The van der Waals surface area contributed by atoms with E-state index in [0.717, 1.165) is 12.2 Å². The monoisotopic (exact) mass is 343 g/mol. The number of nitrogens with one attached hydrogen (secondary N) is 1. The van der Waals surface area contributed by atoms with Crippen molar-refractivity contribution in [3.8, 4) is 5.75 Å². The van der Waals surface area contributed by atoms with Crippen molar-refractivity contribution in [2.45, 2.75) is 38.7 Å². The van der Waals surface area contributed by atoms with Crippen LogP contribution in [0.4, 0.5) is 0 Å². The van der Waals surface area contributed by atoms with E-state index < -0.39 is 5.60 Å². The van der Waals surface area contributed by atoms with Gasteiger partial charge in [0.1, 0.15) is 23.7 Å². The first-order chi connectivity index (χ1) is 12.0. The highest BCUT2D eigenvalue weighted by molar-refractivity contribution is 5.92. The second-order valence-electron chi connectivity index (χ2n) is 6.88. The topological polar surface area (TPSA) is 78.5 Å². The minimum atomic E-state index is -0.915. The van der Waals surface area contributed by atoms with Gasteiger partial charge in [0.25, 0.3) is 5.91 Å². The molecule has 1 aromatic heterocycles. The van der Waals surface area contributed by atoms with Crippen molar-refractivity contribution < 1.29 is 14.6 Å². The molecule has 2 N–H and O–H groups in total. The Labute approximate surface area is 147 Å². The average molecular weight is 343 g/mol. The molecule has 3 rings (SSSR count). The fourth-order valence-corrected chi connectivity index (χ4v) is 3.09.